The highest BCUT2D eigenvalue weighted by Gasteiger charge is 2.10. The smallest absolute Gasteiger partial charge is 0.272 e. The third kappa shape index (κ3) is 3.45. The van der Waals surface area contributed by atoms with E-state index in [0.717, 1.165) is 11.6 Å². The molecule has 0 radical (unpaired) electrons. The van der Waals surface area contributed by atoms with Gasteiger partial charge < -0.3 is 4.74 Å². The molecule has 2 aromatic carbocycles. The van der Waals surface area contributed by atoms with E-state index in [2.05, 4.69) is 0 Å². The molecule has 0 aliphatic heterocycles. The van der Waals surface area contributed by atoms with E-state index >= 15 is 0 Å². The van der Waals surface area contributed by atoms with Crippen LogP contribution in [0.1, 0.15) is 11.1 Å². The van der Waals surface area contributed by atoms with E-state index in [1.54, 1.807) is 18.2 Å². The predicted molar refractivity (Wildman–Crippen MR) is 73.6 cm³/mol. The van der Waals surface area contributed by atoms with Gasteiger partial charge in [0, 0.05) is 11.1 Å². The Morgan fingerprint density at radius 3 is 2.75 bits per heavy atom. The Kier molecular flexibility index (Phi) is 4.20. The van der Waals surface area contributed by atoms with Crippen LogP contribution in [0.4, 0.5) is 10.1 Å². The number of nitro benzene ring substituents is 1. The van der Waals surface area contributed by atoms with Crippen LogP contribution >= 0.6 is 11.6 Å². The monoisotopic (exact) mass is 295 g/mol. The normalized spacial score (nSPS) is 10.3. The first-order valence-corrected chi connectivity index (χ1v) is 6.16. The molecule has 0 aromatic heterocycles. The van der Waals surface area contributed by atoms with Crippen LogP contribution in [0.15, 0.2) is 36.4 Å². The summed E-state index contributed by atoms with van der Waals surface area (Å²) in [6, 6.07) is 8.52. The van der Waals surface area contributed by atoms with Gasteiger partial charge in [0.1, 0.15) is 18.2 Å². The lowest BCUT2D eigenvalue weighted by atomic mass is 10.2. The molecule has 0 unspecified atom stereocenters. The Hall–Kier alpha value is -2.14. The van der Waals surface area contributed by atoms with Gasteiger partial charge in [-0.15, -0.1) is 0 Å². The molecule has 6 heteroatoms. The fraction of sp³-hybridized carbons (Fsp3) is 0.143. The lowest BCUT2D eigenvalue weighted by Crippen LogP contribution is -1.99. The summed E-state index contributed by atoms with van der Waals surface area (Å²) in [5.74, 6) is -0.106. The van der Waals surface area contributed by atoms with Crippen LogP contribution in [-0.2, 0) is 6.61 Å². The summed E-state index contributed by atoms with van der Waals surface area (Å²) < 4.78 is 18.8. The van der Waals surface area contributed by atoms with E-state index in [1.165, 1.54) is 12.1 Å². The van der Waals surface area contributed by atoms with Crippen molar-refractivity contribution in [1.82, 2.24) is 0 Å². The molecule has 0 saturated heterocycles. The van der Waals surface area contributed by atoms with E-state index in [4.69, 9.17) is 16.3 Å². The van der Waals surface area contributed by atoms with Crippen LogP contribution < -0.4 is 4.74 Å². The second kappa shape index (κ2) is 5.88. The number of aryl methyl sites for hydroxylation is 1. The van der Waals surface area contributed by atoms with Crippen molar-refractivity contribution >= 4 is 17.3 Å². The maximum absolute atomic E-state index is 13.3. The topological polar surface area (TPSA) is 52.4 Å². The first-order valence-electron chi connectivity index (χ1n) is 5.78. The van der Waals surface area contributed by atoms with Crippen molar-refractivity contribution in [3.8, 4) is 5.75 Å². The van der Waals surface area contributed by atoms with E-state index in [-0.39, 0.29) is 12.3 Å². The first-order chi connectivity index (χ1) is 9.45. The summed E-state index contributed by atoms with van der Waals surface area (Å²) in [6.45, 7) is 1.87. The van der Waals surface area contributed by atoms with Crippen molar-refractivity contribution in [3.05, 3.63) is 68.5 Å². The number of hydrogen-bond donors (Lipinski definition) is 0. The van der Waals surface area contributed by atoms with Crippen molar-refractivity contribution < 1.29 is 14.1 Å². The molecular weight excluding hydrogens is 285 g/mol. The van der Waals surface area contributed by atoms with Gasteiger partial charge in [0.15, 0.2) is 0 Å². The Labute approximate surface area is 119 Å². The minimum absolute atomic E-state index is 0.0276. The number of nitro groups is 1. The molecule has 0 heterocycles. The second-order valence-corrected chi connectivity index (χ2v) is 4.71. The van der Waals surface area contributed by atoms with E-state index < -0.39 is 10.7 Å². The van der Waals surface area contributed by atoms with Gasteiger partial charge in [0.05, 0.1) is 11.0 Å². The SMILES string of the molecule is Cc1ccc(Cl)cc1OCc1cc(F)cc([N+](=O)[O-])c1. The molecule has 0 amide bonds. The molecule has 0 fully saturated rings. The molecule has 4 nitrogen and oxygen atoms in total. The molecule has 104 valence electrons. The number of rotatable bonds is 4. The minimum Gasteiger partial charge on any atom is -0.489 e. The number of benzene rings is 2. The van der Waals surface area contributed by atoms with Gasteiger partial charge in [-0.25, -0.2) is 4.39 Å². The summed E-state index contributed by atoms with van der Waals surface area (Å²) >= 11 is 5.86. The minimum atomic E-state index is -0.666. The Balaban J connectivity index is 2.18. The summed E-state index contributed by atoms with van der Waals surface area (Å²) in [6.07, 6.45) is 0. The number of ether oxygens (including phenoxy) is 1. The van der Waals surface area contributed by atoms with Crippen molar-refractivity contribution in [2.24, 2.45) is 0 Å². The third-order valence-electron chi connectivity index (χ3n) is 2.70. The molecule has 0 aliphatic rings. The number of nitrogens with zero attached hydrogens (tertiary/aromatic N) is 1. The molecule has 0 atom stereocenters. The third-order valence-corrected chi connectivity index (χ3v) is 2.93. The fourth-order valence-corrected chi connectivity index (χ4v) is 1.87. The van der Waals surface area contributed by atoms with Crippen LogP contribution in [0.25, 0.3) is 0 Å². The van der Waals surface area contributed by atoms with E-state index in [0.29, 0.717) is 16.3 Å². The Morgan fingerprint density at radius 1 is 1.30 bits per heavy atom. The van der Waals surface area contributed by atoms with Gasteiger partial charge >= 0.3 is 0 Å². The molecular formula is C14H11ClFNO3. The molecule has 20 heavy (non-hydrogen) atoms. The van der Waals surface area contributed by atoms with Crippen LogP contribution in [-0.4, -0.2) is 4.92 Å². The first kappa shape index (κ1) is 14.3. The maximum atomic E-state index is 13.3. The lowest BCUT2D eigenvalue weighted by Gasteiger charge is -2.09. The number of non-ortho nitro benzene ring substituents is 1. The Morgan fingerprint density at radius 2 is 2.05 bits per heavy atom. The largest absolute Gasteiger partial charge is 0.489 e. The molecule has 0 saturated carbocycles. The van der Waals surface area contributed by atoms with Crippen molar-refractivity contribution in [2.75, 3.05) is 0 Å². The van der Waals surface area contributed by atoms with Crippen molar-refractivity contribution in [1.29, 1.82) is 0 Å². The number of hydrogen-bond acceptors (Lipinski definition) is 3. The highest BCUT2D eigenvalue weighted by molar-refractivity contribution is 6.30. The average Bonchev–Trinajstić information content (AvgIpc) is 2.39. The fourth-order valence-electron chi connectivity index (χ4n) is 1.71. The van der Waals surface area contributed by atoms with Gasteiger partial charge in [-0.2, -0.15) is 0 Å². The van der Waals surface area contributed by atoms with Crippen molar-refractivity contribution in [2.45, 2.75) is 13.5 Å². The van der Waals surface area contributed by atoms with E-state index in [9.17, 15) is 14.5 Å². The average molecular weight is 296 g/mol. The predicted octanol–water partition coefficient (Wildman–Crippen LogP) is 4.27. The zero-order valence-corrected chi connectivity index (χ0v) is 11.4. The zero-order chi connectivity index (χ0) is 14.7. The summed E-state index contributed by atoms with van der Waals surface area (Å²) in [5, 5.41) is 11.2. The zero-order valence-electron chi connectivity index (χ0n) is 10.6. The molecule has 2 aromatic rings. The highest BCUT2D eigenvalue weighted by atomic mass is 35.5. The van der Waals surface area contributed by atoms with Gasteiger partial charge in [0.25, 0.3) is 5.69 Å². The molecule has 2 rings (SSSR count). The standard InChI is InChI=1S/C14H11ClFNO3/c1-9-2-3-11(15)6-14(9)20-8-10-4-12(16)7-13(5-10)17(18)19/h2-7H,8H2,1H3. The van der Waals surface area contributed by atoms with Crippen LogP contribution in [0.5, 0.6) is 5.75 Å². The van der Waals surface area contributed by atoms with Gasteiger partial charge in [-0.05, 0) is 36.2 Å². The molecule has 0 bridgehead atoms. The van der Waals surface area contributed by atoms with Gasteiger partial charge in [-0.3, -0.25) is 10.1 Å². The molecule has 0 spiro atoms. The quantitative estimate of drug-likeness (QED) is 0.625. The second-order valence-electron chi connectivity index (χ2n) is 4.27. The van der Waals surface area contributed by atoms with E-state index in [1.807, 2.05) is 6.92 Å². The maximum Gasteiger partial charge on any atom is 0.272 e. The lowest BCUT2D eigenvalue weighted by molar-refractivity contribution is -0.385. The van der Waals surface area contributed by atoms with Gasteiger partial charge in [-0.1, -0.05) is 17.7 Å². The summed E-state index contributed by atoms with van der Waals surface area (Å²) in [7, 11) is 0. The molecule has 0 N–H and O–H groups in total. The summed E-state index contributed by atoms with van der Waals surface area (Å²) in [5.41, 5.74) is 0.961. The van der Waals surface area contributed by atoms with Gasteiger partial charge in [0.2, 0.25) is 0 Å². The van der Waals surface area contributed by atoms with Crippen LogP contribution in [0.2, 0.25) is 5.02 Å². The number of halogens is 2. The van der Waals surface area contributed by atoms with Crippen molar-refractivity contribution in [3.63, 3.8) is 0 Å². The van der Waals surface area contributed by atoms with Crippen LogP contribution in [0.3, 0.4) is 0 Å². The molecule has 0 aliphatic carbocycles. The summed E-state index contributed by atoms with van der Waals surface area (Å²) in [4.78, 5) is 10.0. The highest BCUT2D eigenvalue weighted by Crippen LogP contribution is 2.24. The Bertz CT molecular complexity index is 661. The van der Waals surface area contributed by atoms with Crippen LogP contribution in [0, 0.1) is 22.9 Å².